The normalized spacial score (nSPS) is 11.2. The lowest BCUT2D eigenvalue weighted by Crippen LogP contribution is -2.25. The van der Waals surface area contributed by atoms with Crippen molar-refractivity contribution >= 4 is 44.3 Å². The van der Waals surface area contributed by atoms with Crippen LogP contribution in [0.2, 0.25) is 0 Å². The molecule has 3 N–H and O–H groups in total. The Morgan fingerprint density at radius 2 is 2.05 bits per heavy atom. The molecular weight excluding hydrogens is 316 g/mol. The molecule has 0 aliphatic carbocycles. The monoisotopic (exact) mass is 328 g/mol. The number of anilines is 1. The van der Waals surface area contributed by atoms with Crippen LogP contribution in [0.25, 0.3) is 0 Å². The molecule has 1 aromatic carbocycles. The predicted octanol–water partition coefficient (Wildman–Crippen LogP) is 1.91. The molecule has 0 spiro atoms. The molecule has 0 radical (unpaired) electrons. The highest BCUT2D eigenvalue weighted by molar-refractivity contribution is 7.94. The Labute approximate surface area is 126 Å². The van der Waals surface area contributed by atoms with Crippen molar-refractivity contribution in [3.63, 3.8) is 0 Å². The van der Waals surface area contributed by atoms with Gasteiger partial charge in [0.05, 0.1) is 10.6 Å². The van der Waals surface area contributed by atoms with E-state index in [4.69, 9.17) is 18.0 Å². The second-order valence-electron chi connectivity index (χ2n) is 3.98. The van der Waals surface area contributed by atoms with Crippen LogP contribution >= 0.6 is 23.6 Å². The number of nitrogens with two attached hydrogens (primary N) is 1. The van der Waals surface area contributed by atoms with E-state index in [9.17, 15) is 13.5 Å². The molecule has 2 rings (SSSR count). The third-order valence-electron chi connectivity index (χ3n) is 2.63. The van der Waals surface area contributed by atoms with Crippen LogP contribution in [-0.2, 0) is 10.0 Å². The van der Waals surface area contributed by atoms with E-state index in [1.807, 2.05) is 0 Å². The molecular formula is C12H12N2O3S3. The molecule has 0 saturated heterocycles. The van der Waals surface area contributed by atoms with Gasteiger partial charge in [0.2, 0.25) is 0 Å². The summed E-state index contributed by atoms with van der Waals surface area (Å²) in [7, 11) is -2.28. The Hall–Kier alpha value is -1.64. The fourth-order valence-corrected chi connectivity index (χ4v) is 4.26. The number of phenolic OH excluding ortho intramolecular Hbond substituents is 1. The molecule has 1 heterocycles. The van der Waals surface area contributed by atoms with E-state index in [0.29, 0.717) is 10.6 Å². The van der Waals surface area contributed by atoms with Crippen molar-refractivity contribution < 1.29 is 13.5 Å². The van der Waals surface area contributed by atoms with Gasteiger partial charge in [-0.25, -0.2) is 8.42 Å². The number of thiocarbonyl (C=S) groups is 1. The van der Waals surface area contributed by atoms with Crippen molar-refractivity contribution in [2.45, 2.75) is 4.21 Å². The zero-order valence-electron chi connectivity index (χ0n) is 10.5. The Balaban J connectivity index is 2.41. The highest BCUT2D eigenvalue weighted by Gasteiger charge is 2.23. The number of hydrogen-bond acceptors (Lipinski definition) is 5. The van der Waals surface area contributed by atoms with Gasteiger partial charge in [0.25, 0.3) is 10.0 Å². The van der Waals surface area contributed by atoms with E-state index in [1.54, 1.807) is 18.2 Å². The zero-order valence-corrected chi connectivity index (χ0v) is 12.9. The van der Waals surface area contributed by atoms with Crippen LogP contribution in [0, 0.1) is 0 Å². The summed E-state index contributed by atoms with van der Waals surface area (Å²) in [5.74, 6) is -0.000412. The summed E-state index contributed by atoms with van der Waals surface area (Å²) in [5.41, 5.74) is 5.85. The van der Waals surface area contributed by atoms with Gasteiger partial charge in [0.1, 0.15) is 14.9 Å². The van der Waals surface area contributed by atoms with Crippen molar-refractivity contribution in [3.05, 3.63) is 41.3 Å². The molecule has 20 heavy (non-hydrogen) atoms. The molecule has 0 atom stereocenters. The molecule has 2 aromatic rings. The van der Waals surface area contributed by atoms with Gasteiger partial charge in [0.15, 0.2) is 0 Å². The van der Waals surface area contributed by atoms with Crippen molar-refractivity contribution in [3.8, 4) is 5.75 Å². The molecule has 0 bridgehead atoms. The largest absolute Gasteiger partial charge is 0.508 e. The first-order valence-electron chi connectivity index (χ1n) is 5.50. The predicted molar refractivity (Wildman–Crippen MR) is 83.9 cm³/mol. The van der Waals surface area contributed by atoms with E-state index in [-0.39, 0.29) is 14.9 Å². The second kappa shape index (κ2) is 5.39. The number of phenols is 1. The number of benzene rings is 1. The van der Waals surface area contributed by atoms with Gasteiger partial charge in [-0.05, 0) is 24.3 Å². The summed E-state index contributed by atoms with van der Waals surface area (Å²) in [6, 6.07) is 9.06. The molecule has 1 aromatic heterocycles. The van der Waals surface area contributed by atoms with E-state index in [0.717, 1.165) is 15.6 Å². The van der Waals surface area contributed by atoms with Crippen LogP contribution in [0.15, 0.2) is 40.6 Å². The molecule has 0 aliphatic rings. The van der Waals surface area contributed by atoms with Crippen molar-refractivity contribution in [2.75, 3.05) is 11.4 Å². The van der Waals surface area contributed by atoms with Crippen LogP contribution in [-0.4, -0.2) is 25.6 Å². The van der Waals surface area contributed by atoms with Crippen LogP contribution < -0.4 is 10.0 Å². The maximum absolute atomic E-state index is 12.5. The maximum Gasteiger partial charge on any atom is 0.273 e. The summed E-state index contributed by atoms with van der Waals surface area (Å²) in [4.78, 5) is 0.708. The van der Waals surface area contributed by atoms with E-state index >= 15 is 0 Å². The number of thiophene rings is 1. The van der Waals surface area contributed by atoms with Crippen molar-refractivity contribution in [1.29, 1.82) is 0 Å². The molecule has 0 saturated carbocycles. The number of sulfonamides is 1. The van der Waals surface area contributed by atoms with Crippen LogP contribution in [0.1, 0.15) is 4.88 Å². The summed E-state index contributed by atoms with van der Waals surface area (Å²) in [6.07, 6.45) is 0. The van der Waals surface area contributed by atoms with Gasteiger partial charge < -0.3 is 10.8 Å². The highest BCUT2D eigenvalue weighted by Crippen LogP contribution is 2.28. The maximum atomic E-state index is 12.5. The fraction of sp³-hybridized carbons (Fsp3) is 0.0833. The number of nitrogens with zero attached hydrogens (tertiary/aromatic N) is 1. The fourth-order valence-electron chi connectivity index (χ4n) is 1.55. The first kappa shape index (κ1) is 14.8. The highest BCUT2D eigenvalue weighted by atomic mass is 32.2. The van der Waals surface area contributed by atoms with Crippen molar-refractivity contribution in [1.82, 2.24) is 0 Å². The first-order chi connectivity index (χ1) is 9.32. The first-order valence-corrected chi connectivity index (χ1v) is 8.16. The Morgan fingerprint density at radius 1 is 1.35 bits per heavy atom. The van der Waals surface area contributed by atoms with E-state index in [2.05, 4.69) is 0 Å². The van der Waals surface area contributed by atoms with Gasteiger partial charge in [-0.3, -0.25) is 4.31 Å². The van der Waals surface area contributed by atoms with Gasteiger partial charge in [-0.15, -0.1) is 11.3 Å². The SMILES string of the molecule is CN(c1cccc(O)c1)S(=O)(=O)c1ccc(C(N)=S)s1. The second-order valence-corrected chi connectivity index (χ2v) is 7.70. The van der Waals surface area contributed by atoms with E-state index in [1.165, 1.54) is 25.2 Å². The van der Waals surface area contributed by atoms with E-state index < -0.39 is 10.0 Å². The minimum atomic E-state index is -3.70. The molecule has 0 amide bonds. The topological polar surface area (TPSA) is 83.6 Å². The van der Waals surface area contributed by atoms with Gasteiger partial charge in [0, 0.05) is 13.1 Å². The Bertz CT molecular complexity index is 753. The quantitative estimate of drug-likeness (QED) is 0.838. The van der Waals surface area contributed by atoms with Gasteiger partial charge in [-0.1, -0.05) is 18.3 Å². The number of aromatic hydroxyl groups is 1. The molecule has 0 unspecified atom stereocenters. The molecule has 0 aliphatic heterocycles. The summed E-state index contributed by atoms with van der Waals surface area (Å²) in [6.45, 7) is 0. The summed E-state index contributed by atoms with van der Waals surface area (Å²) in [5, 5.41) is 9.42. The lowest BCUT2D eigenvalue weighted by molar-refractivity contribution is 0.475. The van der Waals surface area contributed by atoms with Crippen LogP contribution in [0.3, 0.4) is 0 Å². The average molecular weight is 328 g/mol. The minimum absolute atomic E-state index is 0.000412. The molecule has 106 valence electrons. The Morgan fingerprint density at radius 3 is 2.60 bits per heavy atom. The summed E-state index contributed by atoms with van der Waals surface area (Å²) < 4.78 is 26.1. The minimum Gasteiger partial charge on any atom is -0.508 e. The average Bonchev–Trinajstić information content (AvgIpc) is 2.88. The zero-order chi connectivity index (χ0) is 14.9. The van der Waals surface area contributed by atoms with Crippen LogP contribution in [0.4, 0.5) is 5.69 Å². The lowest BCUT2D eigenvalue weighted by atomic mass is 10.3. The number of rotatable bonds is 4. The molecule has 5 nitrogen and oxygen atoms in total. The summed E-state index contributed by atoms with van der Waals surface area (Å²) >= 11 is 5.84. The molecule has 0 fully saturated rings. The van der Waals surface area contributed by atoms with Gasteiger partial charge in [-0.2, -0.15) is 0 Å². The Kier molecular flexibility index (Phi) is 3.98. The molecule has 8 heteroatoms. The third-order valence-corrected chi connectivity index (χ3v) is 6.35. The smallest absolute Gasteiger partial charge is 0.273 e. The van der Waals surface area contributed by atoms with Crippen molar-refractivity contribution in [2.24, 2.45) is 5.73 Å². The van der Waals surface area contributed by atoms with Gasteiger partial charge >= 0.3 is 0 Å². The third kappa shape index (κ3) is 2.77. The van der Waals surface area contributed by atoms with Crippen LogP contribution in [0.5, 0.6) is 5.75 Å². The number of hydrogen-bond donors (Lipinski definition) is 2. The standard InChI is InChI=1S/C12H12N2O3S3/c1-14(8-3-2-4-9(15)7-8)20(16,17)11-6-5-10(19-11)12(13)18/h2-7,15H,1H3,(H2,13,18). The lowest BCUT2D eigenvalue weighted by Gasteiger charge is -2.18.